The van der Waals surface area contributed by atoms with E-state index in [1.54, 1.807) is 0 Å². The maximum Gasteiger partial charge on any atom is 0.0767 e. The zero-order valence-electron chi connectivity index (χ0n) is 14.7. The van der Waals surface area contributed by atoms with E-state index in [4.69, 9.17) is 4.74 Å². The molecule has 0 saturated carbocycles. The van der Waals surface area contributed by atoms with Crippen LogP contribution in [0, 0.1) is 0 Å². The fourth-order valence-electron chi connectivity index (χ4n) is 3.25. The van der Waals surface area contributed by atoms with Gasteiger partial charge in [-0.2, -0.15) is 0 Å². The molecule has 0 atom stereocenters. The minimum atomic E-state index is -2.21. The second kappa shape index (κ2) is 8.08. The van der Waals surface area contributed by atoms with Crippen molar-refractivity contribution < 1.29 is 0 Å². The van der Waals surface area contributed by atoms with Crippen LogP contribution >= 0.6 is 23.0 Å². The van der Waals surface area contributed by atoms with Crippen LogP contribution in [0.4, 0.5) is 5.69 Å². The summed E-state index contributed by atoms with van der Waals surface area (Å²) < 4.78 is 6.48. The fraction of sp³-hybridized carbons (Fsp3) is 0. The molecule has 0 aromatic heterocycles. The predicted octanol–water partition coefficient (Wildman–Crippen LogP) is 6.26. The summed E-state index contributed by atoms with van der Waals surface area (Å²) in [6.45, 7) is 0. The van der Waals surface area contributed by atoms with E-state index in [0.29, 0.717) is 0 Å². The van der Waals surface area contributed by atoms with E-state index in [0.717, 1.165) is 10.2 Å². The summed E-state index contributed by atoms with van der Waals surface area (Å²) in [7, 11) is -2.21. The lowest BCUT2D eigenvalue weighted by atomic mass is 10.3. The first kappa shape index (κ1) is 18.0. The minimum absolute atomic E-state index is 0.974. The van der Waals surface area contributed by atoms with Gasteiger partial charge in [-0.15, -0.1) is 0 Å². The Balaban J connectivity index is 2.15. The standard InChI is InChI=1S/C24H19BrNP/c25-23-18-10-11-19-24(23)26-27(20-12-4-1-5-13-20,21-14-6-2-7-15-21)22-16-8-3-9-17-22/h1-19H. The highest BCUT2D eigenvalue weighted by molar-refractivity contribution is 9.10. The van der Waals surface area contributed by atoms with Crippen LogP contribution in [-0.4, -0.2) is 0 Å². The molecule has 4 rings (SSSR count). The van der Waals surface area contributed by atoms with Crippen molar-refractivity contribution in [3.05, 3.63) is 120 Å². The van der Waals surface area contributed by atoms with Gasteiger partial charge in [-0.1, -0.05) is 103 Å². The van der Waals surface area contributed by atoms with E-state index < -0.39 is 7.05 Å². The summed E-state index contributed by atoms with van der Waals surface area (Å²) >= 11 is 3.69. The Morgan fingerprint density at radius 1 is 0.481 bits per heavy atom. The number of hydrogen-bond donors (Lipinski definition) is 0. The van der Waals surface area contributed by atoms with Crippen LogP contribution in [-0.2, 0) is 0 Å². The van der Waals surface area contributed by atoms with Crippen molar-refractivity contribution in [2.75, 3.05) is 0 Å². The summed E-state index contributed by atoms with van der Waals surface area (Å²) in [5.74, 6) is 0. The van der Waals surface area contributed by atoms with E-state index in [1.165, 1.54) is 15.9 Å². The Kier molecular flexibility index (Phi) is 5.38. The predicted molar refractivity (Wildman–Crippen MR) is 121 cm³/mol. The lowest BCUT2D eigenvalue weighted by molar-refractivity contribution is 1.51. The third-order valence-corrected chi connectivity index (χ3v) is 8.82. The van der Waals surface area contributed by atoms with Gasteiger partial charge in [-0.3, -0.25) is 4.74 Å². The van der Waals surface area contributed by atoms with Crippen molar-refractivity contribution in [1.29, 1.82) is 0 Å². The molecular weight excluding hydrogens is 413 g/mol. The quantitative estimate of drug-likeness (QED) is 0.338. The zero-order valence-corrected chi connectivity index (χ0v) is 17.2. The fourth-order valence-corrected chi connectivity index (χ4v) is 7.31. The van der Waals surface area contributed by atoms with Crippen LogP contribution in [0.5, 0.6) is 0 Å². The van der Waals surface area contributed by atoms with Gasteiger partial charge >= 0.3 is 0 Å². The largest absolute Gasteiger partial charge is 0.253 e. The van der Waals surface area contributed by atoms with Gasteiger partial charge in [-0.05, 0) is 28.1 Å². The number of nitrogens with zero attached hydrogens (tertiary/aromatic N) is 1. The van der Waals surface area contributed by atoms with Gasteiger partial charge in [0, 0.05) is 20.4 Å². The summed E-state index contributed by atoms with van der Waals surface area (Å²) in [6, 6.07) is 40.2. The Hall–Kier alpha value is -2.41. The van der Waals surface area contributed by atoms with E-state index in [1.807, 2.05) is 12.1 Å². The van der Waals surface area contributed by atoms with Crippen molar-refractivity contribution >= 4 is 44.6 Å². The zero-order chi connectivity index (χ0) is 18.5. The third-order valence-electron chi connectivity index (χ3n) is 4.50. The molecular formula is C24H19BrNP. The van der Waals surface area contributed by atoms with Gasteiger partial charge in [0.05, 0.1) is 12.7 Å². The van der Waals surface area contributed by atoms with Crippen LogP contribution in [0.2, 0.25) is 0 Å². The van der Waals surface area contributed by atoms with Gasteiger partial charge in [-0.25, -0.2) is 0 Å². The van der Waals surface area contributed by atoms with E-state index in [9.17, 15) is 0 Å². The van der Waals surface area contributed by atoms with Crippen molar-refractivity contribution in [3.8, 4) is 0 Å². The Morgan fingerprint density at radius 3 is 1.26 bits per heavy atom. The van der Waals surface area contributed by atoms with Crippen LogP contribution < -0.4 is 15.9 Å². The smallest absolute Gasteiger partial charge is 0.0767 e. The molecule has 4 aromatic rings. The summed E-state index contributed by atoms with van der Waals surface area (Å²) in [4.78, 5) is 0. The second-order valence-corrected chi connectivity index (χ2v) is 10.1. The Labute approximate surface area is 168 Å². The molecule has 3 heteroatoms. The molecule has 0 aliphatic heterocycles. The first-order chi connectivity index (χ1) is 13.3. The summed E-state index contributed by atoms with van der Waals surface area (Å²) in [6.07, 6.45) is 0. The molecule has 0 saturated heterocycles. The van der Waals surface area contributed by atoms with Crippen molar-refractivity contribution in [2.45, 2.75) is 0 Å². The van der Waals surface area contributed by atoms with Crippen LogP contribution in [0.15, 0.2) is 124 Å². The van der Waals surface area contributed by atoms with Gasteiger partial charge in [0.2, 0.25) is 0 Å². The normalized spacial score (nSPS) is 11.1. The van der Waals surface area contributed by atoms with E-state index >= 15 is 0 Å². The first-order valence-electron chi connectivity index (χ1n) is 8.84. The van der Waals surface area contributed by atoms with Gasteiger partial charge < -0.3 is 0 Å². The molecule has 132 valence electrons. The molecule has 27 heavy (non-hydrogen) atoms. The lowest BCUT2D eigenvalue weighted by Crippen LogP contribution is -2.25. The monoisotopic (exact) mass is 431 g/mol. The van der Waals surface area contributed by atoms with Crippen LogP contribution in [0.25, 0.3) is 0 Å². The maximum absolute atomic E-state index is 5.46. The minimum Gasteiger partial charge on any atom is -0.253 e. The number of halogens is 1. The number of hydrogen-bond acceptors (Lipinski definition) is 1. The molecule has 0 spiro atoms. The molecule has 0 aliphatic rings. The third kappa shape index (κ3) is 3.56. The molecule has 0 radical (unpaired) electrons. The average Bonchev–Trinajstić information content (AvgIpc) is 2.75. The summed E-state index contributed by atoms with van der Waals surface area (Å²) in [5, 5.41) is 3.74. The van der Waals surface area contributed by atoms with Crippen LogP contribution in [0.3, 0.4) is 0 Å². The Bertz CT molecular complexity index is 973. The maximum atomic E-state index is 5.46. The van der Waals surface area contributed by atoms with Crippen LogP contribution in [0.1, 0.15) is 0 Å². The van der Waals surface area contributed by atoms with E-state index in [2.05, 4.69) is 119 Å². The molecule has 0 heterocycles. The van der Waals surface area contributed by atoms with Gasteiger partial charge in [0.1, 0.15) is 0 Å². The second-order valence-electron chi connectivity index (χ2n) is 6.19. The lowest BCUT2D eigenvalue weighted by Gasteiger charge is -2.27. The molecule has 0 unspecified atom stereocenters. The molecule has 0 fully saturated rings. The topological polar surface area (TPSA) is 12.4 Å². The molecule has 0 amide bonds. The highest BCUT2D eigenvalue weighted by Gasteiger charge is 2.27. The number of rotatable bonds is 4. The Morgan fingerprint density at radius 2 is 0.852 bits per heavy atom. The van der Waals surface area contributed by atoms with Crippen molar-refractivity contribution in [1.82, 2.24) is 0 Å². The SMILES string of the molecule is Brc1ccccc1N=P(c1ccccc1)(c1ccccc1)c1ccccc1. The molecule has 1 nitrogen and oxygen atoms in total. The highest BCUT2D eigenvalue weighted by Crippen LogP contribution is 2.50. The molecule has 4 aromatic carbocycles. The van der Waals surface area contributed by atoms with E-state index in [-0.39, 0.29) is 0 Å². The number of benzene rings is 4. The van der Waals surface area contributed by atoms with Gasteiger partial charge in [0.25, 0.3) is 0 Å². The molecule has 0 bridgehead atoms. The molecule has 0 N–H and O–H groups in total. The summed E-state index contributed by atoms with van der Waals surface area (Å²) in [5.41, 5.74) is 0.974. The van der Waals surface area contributed by atoms with Gasteiger partial charge in [0.15, 0.2) is 0 Å². The highest BCUT2D eigenvalue weighted by atomic mass is 79.9. The first-order valence-corrected chi connectivity index (χ1v) is 11.4. The average molecular weight is 432 g/mol. The molecule has 0 aliphatic carbocycles. The van der Waals surface area contributed by atoms with Crippen molar-refractivity contribution in [2.24, 2.45) is 4.74 Å². The van der Waals surface area contributed by atoms with Crippen molar-refractivity contribution in [3.63, 3.8) is 0 Å².